The molecule has 0 bridgehead atoms. The van der Waals surface area contributed by atoms with E-state index in [0.717, 1.165) is 28.3 Å². The van der Waals surface area contributed by atoms with Crippen LogP contribution in [0.5, 0.6) is 0 Å². The smallest absolute Gasteiger partial charge is 0.249 e. The van der Waals surface area contributed by atoms with E-state index in [2.05, 4.69) is 14.9 Å². The average Bonchev–Trinajstić information content (AvgIpc) is 3.07. The molecule has 116 valence electrons. The molecule has 1 amide bonds. The first kappa shape index (κ1) is 14.1. The highest BCUT2D eigenvalue weighted by molar-refractivity contribution is 7.16. The Morgan fingerprint density at radius 2 is 1.96 bits per heavy atom. The predicted molar refractivity (Wildman–Crippen MR) is 93.0 cm³/mol. The van der Waals surface area contributed by atoms with Crippen molar-refractivity contribution in [3.05, 3.63) is 48.1 Å². The molecule has 23 heavy (non-hydrogen) atoms. The number of benzene rings is 1. The summed E-state index contributed by atoms with van der Waals surface area (Å²) in [6.45, 7) is 3.35. The molecule has 0 radical (unpaired) electrons. The van der Waals surface area contributed by atoms with Crippen molar-refractivity contribution in [2.24, 2.45) is 0 Å². The highest BCUT2D eigenvalue weighted by Gasteiger charge is 2.33. The van der Waals surface area contributed by atoms with Crippen molar-refractivity contribution in [3.8, 4) is 0 Å². The summed E-state index contributed by atoms with van der Waals surface area (Å²) in [5, 5.41) is 3.03. The van der Waals surface area contributed by atoms with Crippen LogP contribution >= 0.6 is 11.3 Å². The number of hydrogen-bond acceptors (Lipinski definition) is 5. The van der Waals surface area contributed by atoms with Crippen molar-refractivity contribution in [2.45, 2.75) is 13.0 Å². The van der Waals surface area contributed by atoms with Gasteiger partial charge >= 0.3 is 0 Å². The molecule has 4 rings (SSSR count). The van der Waals surface area contributed by atoms with Crippen LogP contribution in [0.3, 0.4) is 0 Å². The van der Waals surface area contributed by atoms with Crippen LogP contribution in [-0.2, 0) is 4.79 Å². The summed E-state index contributed by atoms with van der Waals surface area (Å²) in [7, 11) is 0. The average molecular weight is 324 g/mol. The van der Waals surface area contributed by atoms with E-state index in [9.17, 15) is 4.79 Å². The maximum Gasteiger partial charge on any atom is 0.249 e. The van der Waals surface area contributed by atoms with Crippen LogP contribution in [0.1, 0.15) is 6.92 Å². The van der Waals surface area contributed by atoms with Gasteiger partial charge in [-0.15, -0.1) is 11.3 Å². The summed E-state index contributed by atoms with van der Waals surface area (Å²) >= 11 is 1.59. The monoisotopic (exact) mass is 324 g/mol. The number of anilines is 2. The Morgan fingerprint density at radius 3 is 2.78 bits per heavy atom. The Bertz CT molecular complexity index is 848. The molecular formula is C17H16N4OS. The van der Waals surface area contributed by atoms with Gasteiger partial charge in [0.15, 0.2) is 0 Å². The van der Waals surface area contributed by atoms with E-state index in [1.54, 1.807) is 17.7 Å². The van der Waals surface area contributed by atoms with Gasteiger partial charge in [0.2, 0.25) is 5.91 Å². The summed E-state index contributed by atoms with van der Waals surface area (Å²) < 4.78 is 0. The number of nitrogens with zero attached hydrogens (tertiary/aromatic N) is 4. The van der Waals surface area contributed by atoms with Crippen molar-refractivity contribution in [1.29, 1.82) is 0 Å². The molecule has 1 aromatic carbocycles. The van der Waals surface area contributed by atoms with Crippen molar-refractivity contribution in [3.63, 3.8) is 0 Å². The molecule has 0 spiro atoms. The summed E-state index contributed by atoms with van der Waals surface area (Å²) in [6.07, 6.45) is 1.58. The standard InChI is InChI=1S/C17H16N4OS/c1-12-17(22)21(13-5-3-2-4-6-13)9-8-20(12)15-14-7-10-23-16(14)19-11-18-15/h2-7,10-12H,8-9H2,1H3. The van der Waals surface area contributed by atoms with Gasteiger partial charge in [-0.05, 0) is 30.5 Å². The molecule has 5 nitrogen and oxygen atoms in total. The molecule has 0 N–H and O–H groups in total. The zero-order valence-electron chi connectivity index (χ0n) is 12.7. The molecule has 3 heterocycles. The summed E-state index contributed by atoms with van der Waals surface area (Å²) in [4.78, 5) is 26.4. The number of rotatable bonds is 2. The number of piperazine rings is 1. The second kappa shape index (κ2) is 5.62. The van der Waals surface area contributed by atoms with E-state index < -0.39 is 0 Å². The fourth-order valence-corrected chi connectivity index (χ4v) is 3.76. The van der Waals surface area contributed by atoms with Gasteiger partial charge in [-0.25, -0.2) is 9.97 Å². The minimum absolute atomic E-state index is 0.101. The first-order valence-corrected chi connectivity index (χ1v) is 8.45. The van der Waals surface area contributed by atoms with Gasteiger partial charge in [-0.1, -0.05) is 18.2 Å². The molecule has 1 aliphatic heterocycles. The number of aromatic nitrogens is 2. The van der Waals surface area contributed by atoms with E-state index >= 15 is 0 Å². The topological polar surface area (TPSA) is 49.3 Å². The Labute approximate surface area is 138 Å². The highest BCUT2D eigenvalue weighted by Crippen LogP contribution is 2.30. The summed E-state index contributed by atoms with van der Waals surface area (Å²) in [5.41, 5.74) is 0.951. The Kier molecular flexibility index (Phi) is 3.46. The summed E-state index contributed by atoms with van der Waals surface area (Å²) in [5.74, 6) is 0.953. The van der Waals surface area contributed by atoms with Crippen LogP contribution in [0.2, 0.25) is 0 Å². The van der Waals surface area contributed by atoms with Gasteiger partial charge < -0.3 is 9.80 Å². The minimum Gasteiger partial charge on any atom is -0.342 e. The van der Waals surface area contributed by atoms with Crippen LogP contribution in [0.25, 0.3) is 10.2 Å². The predicted octanol–water partition coefficient (Wildman–Crippen LogP) is 2.93. The van der Waals surface area contributed by atoms with E-state index in [4.69, 9.17) is 0 Å². The molecule has 0 aliphatic carbocycles. The molecule has 1 aliphatic rings. The lowest BCUT2D eigenvalue weighted by Gasteiger charge is -2.39. The summed E-state index contributed by atoms with van der Waals surface area (Å²) in [6, 6.07) is 11.6. The van der Waals surface area contributed by atoms with E-state index in [-0.39, 0.29) is 11.9 Å². The van der Waals surface area contributed by atoms with Gasteiger partial charge in [-0.3, -0.25) is 4.79 Å². The molecule has 1 unspecified atom stereocenters. The Morgan fingerprint density at radius 1 is 1.13 bits per heavy atom. The fourth-order valence-electron chi connectivity index (χ4n) is 3.03. The lowest BCUT2D eigenvalue weighted by Crippen LogP contribution is -2.56. The van der Waals surface area contributed by atoms with Gasteiger partial charge in [0.1, 0.15) is 23.0 Å². The van der Waals surface area contributed by atoms with Crippen LogP contribution in [-0.4, -0.2) is 35.0 Å². The second-order valence-corrected chi connectivity index (χ2v) is 6.43. The Balaban J connectivity index is 1.67. The zero-order chi connectivity index (χ0) is 15.8. The normalized spacial score (nSPS) is 18.7. The van der Waals surface area contributed by atoms with Gasteiger partial charge in [0, 0.05) is 18.8 Å². The number of fused-ring (bicyclic) bond motifs is 1. The van der Waals surface area contributed by atoms with Crippen LogP contribution in [0.15, 0.2) is 48.1 Å². The van der Waals surface area contributed by atoms with E-state index in [1.165, 1.54) is 0 Å². The molecular weight excluding hydrogens is 308 g/mol. The van der Waals surface area contributed by atoms with Gasteiger partial charge in [-0.2, -0.15) is 0 Å². The molecule has 0 saturated carbocycles. The van der Waals surface area contributed by atoms with E-state index in [0.29, 0.717) is 6.54 Å². The largest absolute Gasteiger partial charge is 0.342 e. The molecule has 2 aromatic heterocycles. The number of thiophene rings is 1. The number of amides is 1. The molecule has 1 fully saturated rings. The third-order valence-corrected chi connectivity index (χ3v) is 5.06. The fraction of sp³-hybridized carbons (Fsp3) is 0.235. The molecule has 1 saturated heterocycles. The maximum atomic E-state index is 12.8. The zero-order valence-corrected chi connectivity index (χ0v) is 13.5. The minimum atomic E-state index is -0.248. The van der Waals surface area contributed by atoms with Gasteiger partial charge in [0.05, 0.1) is 5.39 Å². The number of hydrogen-bond donors (Lipinski definition) is 0. The quantitative estimate of drug-likeness (QED) is 0.727. The number of para-hydroxylation sites is 1. The van der Waals surface area contributed by atoms with Crippen LogP contribution in [0, 0.1) is 0 Å². The SMILES string of the molecule is CC1C(=O)N(c2ccccc2)CCN1c1ncnc2sccc12. The molecule has 6 heteroatoms. The first-order valence-electron chi connectivity index (χ1n) is 7.57. The van der Waals surface area contributed by atoms with Gasteiger partial charge in [0.25, 0.3) is 0 Å². The molecule has 3 aromatic rings. The van der Waals surface area contributed by atoms with Crippen molar-refractivity contribution >= 4 is 39.0 Å². The number of carbonyl (C=O) groups excluding carboxylic acids is 1. The second-order valence-electron chi connectivity index (χ2n) is 5.53. The van der Waals surface area contributed by atoms with Crippen LogP contribution in [0.4, 0.5) is 11.5 Å². The lowest BCUT2D eigenvalue weighted by atomic mass is 10.1. The molecule has 1 atom stereocenters. The maximum absolute atomic E-state index is 12.8. The number of carbonyl (C=O) groups is 1. The van der Waals surface area contributed by atoms with Crippen molar-refractivity contribution < 1.29 is 4.79 Å². The lowest BCUT2D eigenvalue weighted by molar-refractivity contribution is -0.120. The first-order chi connectivity index (χ1) is 11.3. The van der Waals surface area contributed by atoms with Crippen molar-refractivity contribution in [2.75, 3.05) is 22.9 Å². The third-order valence-electron chi connectivity index (χ3n) is 4.24. The van der Waals surface area contributed by atoms with E-state index in [1.807, 2.05) is 53.6 Å². The van der Waals surface area contributed by atoms with Crippen molar-refractivity contribution in [1.82, 2.24) is 9.97 Å². The third kappa shape index (κ3) is 2.35. The Hall–Kier alpha value is -2.47. The highest BCUT2D eigenvalue weighted by atomic mass is 32.1. The van der Waals surface area contributed by atoms with Crippen LogP contribution < -0.4 is 9.80 Å².